The highest BCUT2D eigenvalue weighted by Crippen LogP contribution is 2.34. The summed E-state index contributed by atoms with van der Waals surface area (Å²) in [6, 6.07) is 7.75. The summed E-state index contributed by atoms with van der Waals surface area (Å²) in [6.07, 6.45) is 6.40. The number of rotatable bonds is 7. The zero-order valence-electron chi connectivity index (χ0n) is 20.3. The second kappa shape index (κ2) is 11.0. The SMILES string of the molecule is COc1cc2ncnc(Nc3ccc(F)c(Cl)c3)c2cc1NC(=O)C=CCN1CCC2(CC1)OCCO2. The zero-order valence-corrected chi connectivity index (χ0v) is 21.1. The molecule has 2 aliphatic heterocycles. The van der Waals surface area contributed by atoms with Crippen LogP contribution >= 0.6 is 11.6 Å². The van der Waals surface area contributed by atoms with Gasteiger partial charge in [0.15, 0.2) is 5.79 Å². The Hall–Kier alpha value is -3.31. The minimum Gasteiger partial charge on any atom is -0.494 e. The van der Waals surface area contributed by atoms with Crippen molar-refractivity contribution < 1.29 is 23.4 Å². The molecule has 1 amide bonds. The minimum absolute atomic E-state index is 0.00553. The van der Waals surface area contributed by atoms with Gasteiger partial charge in [0.05, 0.1) is 36.6 Å². The first-order chi connectivity index (χ1) is 17.9. The molecule has 11 heteroatoms. The highest BCUT2D eigenvalue weighted by atomic mass is 35.5. The largest absolute Gasteiger partial charge is 0.494 e. The number of hydrogen-bond donors (Lipinski definition) is 2. The van der Waals surface area contributed by atoms with Gasteiger partial charge in [-0.05, 0) is 24.3 Å². The lowest BCUT2D eigenvalue weighted by Crippen LogP contribution is -2.45. The summed E-state index contributed by atoms with van der Waals surface area (Å²) in [5.41, 5.74) is 1.63. The average Bonchev–Trinajstić information content (AvgIpc) is 3.35. The molecule has 2 fully saturated rings. The van der Waals surface area contributed by atoms with Gasteiger partial charge >= 0.3 is 0 Å². The van der Waals surface area contributed by atoms with E-state index in [-0.39, 0.29) is 10.9 Å². The Balaban J connectivity index is 1.27. The number of fused-ring (bicyclic) bond motifs is 1. The molecule has 0 bridgehead atoms. The second-order valence-electron chi connectivity index (χ2n) is 8.85. The number of amides is 1. The number of hydrogen-bond acceptors (Lipinski definition) is 8. The lowest BCUT2D eigenvalue weighted by atomic mass is 10.0. The Bertz CT molecular complexity index is 1320. The van der Waals surface area contributed by atoms with Crippen LogP contribution in [0.4, 0.5) is 21.6 Å². The molecule has 1 aromatic heterocycles. The summed E-state index contributed by atoms with van der Waals surface area (Å²) in [4.78, 5) is 23.6. The predicted molar refractivity (Wildman–Crippen MR) is 139 cm³/mol. The van der Waals surface area contributed by atoms with E-state index in [4.69, 9.17) is 25.8 Å². The molecule has 0 saturated carbocycles. The van der Waals surface area contributed by atoms with Crippen LogP contribution in [0.25, 0.3) is 10.9 Å². The van der Waals surface area contributed by atoms with Crippen LogP contribution in [-0.4, -0.2) is 66.5 Å². The zero-order chi connectivity index (χ0) is 25.8. The molecule has 3 aromatic rings. The van der Waals surface area contributed by atoms with Crippen LogP contribution in [0.15, 0.2) is 48.8 Å². The molecule has 3 heterocycles. The van der Waals surface area contributed by atoms with Crippen molar-refractivity contribution in [1.82, 2.24) is 14.9 Å². The fourth-order valence-corrected chi connectivity index (χ4v) is 4.69. The molecule has 194 valence electrons. The Morgan fingerprint density at radius 3 is 2.73 bits per heavy atom. The Labute approximate surface area is 218 Å². The van der Waals surface area contributed by atoms with Crippen LogP contribution < -0.4 is 15.4 Å². The topological polar surface area (TPSA) is 97.8 Å². The van der Waals surface area contributed by atoms with Crippen LogP contribution in [0.3, 0.4) is 0 Å². The van der Waals surface area contributed by atoms with Crippen molar-refractivity contribution >= 4 is 45.6 Å². The number of ether oxygens (including phenoxy) is 3. The third-order valence-corrected chi connectivity index (χ3v) is 6.75. The normalized spacial score (nSPS) is 17.5. The van der Waals surface area contributed by atoms with Gasteiger partial charge in [-0.2, -0.15) is 0 Å². The lowest BCUT2D eigenvalue weighted by Gasteiger charge is -2.37. The fraction of sp³-hybridized carbons (Fsp3) is 0.346. The quantitative estimate of drug-likeness (QED) is 0.433. The first-order valence-corrected chi connectivity index (χ1v) is 12.4. The van der Waals surface area contributed by atoms with Crippen LogP contribution in [-0.2, 0) is 14.3 Å². The van der Waals surface area contributed by atoms with Crippen LogP contribution in [0.1, 0.15) is 12.8 Å². The standard InChI is InChI=1S/C26H27ClFN5O4/c1-35-23-15-21-18(25(30-16-29-21)31-17-4-5-20(28)19(27)13-17)14-22(23)32-24(34)3-2-8-33-9-6-26(7-10-33)36-11-12-37-26/h2-5,13-16H,6-12H2,1H3,(H,32,34)(H,29,30,31). The van der Waals surface area contributed by atoms with Crippen molar-refractivity contribution in [3.05, 3.63) is 59.7 Å². The van der Waals surface area contributed by atoms with E-state index < -0.39 is 11.6 Å². The Morgan fingerprint density at radius 2 is 2.00 bits per heavy atom. The first kappa shape index (κ1) is 25.3. The van der Waals surface area contributed by atoms with Gasteiger partial charge in [-0.15, -0.1) is 0 Å². The van der Waals surface area contributed by atoms with Gasteiger partial charge in [-0.1, -0.05) is 17.7 Å². The highest BCUT2D eigenvalue weighted by molar-refractivity contribution is 6.31. The number of likely N-dealkylation sites (tertiary alicyclic amines) is 1. The molecule has 2 aliphatic rings. The molecule has 2 saturated heterocycles. The molecule has 0 atom stereocenters. The molecule has 0 radical (unpaired) electrons. The first-order valence-electron chi connectivity index (χ1n) is 12.0. The summed E-state index contributed by atoms with van der Waals surface area (Å²) in [5, 5.41) is 6.64. The molecule has 37 heavy (non-hydrogen) atoms. The average molecular weight is 528 g/mol. The minimum atomic E-state index is -0.511. The third-order valence-electron chi connectivity index (χ3n) is 6.46. The maximum atomic E-state index is 13.5. The fourth-order valence-electron chi connectivity index (χ4n) is 4.51. The number of carbonyl (C=O) groups excluding carboxylic acids is 1. The maximum absolute atomic E-state index is 13.5. The number of nitrogens with one attached hydrogen (secondary N) is 2. The van der Waals surface area contributed by atoms with E-state index in [1.54, 1.807) is 18.2 Å². The maximum Gasteiger partial charge on any atom is 0.248 e. The summed E-state index contributed by atoms with van der Waals surface area (Å²) < 4.78 is 30.6. The molecular formula is C26H27ClFN5O4. The van der Waals surface area contributed by atoms with E-state index in [1.165, 1.54) is 31.6 Å². The lowest BCUT2D eigenvalue weighted by molar-refractivity contribution is -0.184. The number of anilines is 3. The van der Waals surface area contributed by atoms with Crippen molar-refractivity contribution in [2.24, 2.45) is 0 Å². The molecule has 0 aliphatic carbocycles. The van der Waals surface area contributed by atoms with Crippen molar-refractivity contribution in [2.75, 3.05) is 50.6 Å². The van der Waals surface area contributed by atoms with E-state index >= 15 is 0 Å². The van der Waals surface area contributed by atoms with E-state index in [1.807, 2.05) is 6.08 Å². The Kier molecular flexibility index (Phi) is 7.52. The highest BCUT2D eigenvalue weighted by Gasteiger charge is 2.39. The molecule has 0 unspecified atom stereocenters. The number of nitrogens with zero attached hydrogens (tertiary/aromatic N) is 3. The molecule has 5 rings (SSSR count). The van der Waals surface area contributed by atoms with E-state index in [0.717, 1.165) is 25.9 Å². The van der Waals surface area contributed by atoms with Crippen molar-refractivity contribution in [2.45, 2.75) is 18.6 Å². The molecule has 1 spiro atoms. The number of halogens is 2. The molecule has 9 nitrogen and oxygen atoms in total. The predicted octanol–water partition coefficient (Wildman–Crippen LogP) is 4.51. The summed E-state index contributed by atoms with van der Waals surface area (Å²) in [6.45, 7) is 3.66. The van der Waals surface area contributed by atoms with Gasteiger partial charge < -0.3 is 24.8 Å². The van der Waals surface area contributed by atoms with Gasteiger partial charge in [-0.3, -0.25) is 9.69 Å². The summed E-state index contributed by atoms with van der Waals surface area (Å²) in [7, 11) is 1.52. The van der Waals surface area contributed by atoms with E-state index in [0.29, 0.717) is 53.6 Å². The molecule has 2 aromatic carbocycles. The molecular weight excluding hydrogens is 501 g/mol. The number of methoxy groups -OCH3 is 1. The van der Waals surface area contributed by atoms with Crippen LogP contribution in [0.5, 0.6) is 5.75 Å². The van der Waals surface area contributed by atoms with Gasteiger partial charge in [-0.25, -0.2) is 14.4 Å². The molecule has 2 N–H and O–H groups in total. The van der Waals surface area contributed by atoms with Crippen molar-refractivity contribution in [3.8, 4) is 5.75 Å². The number of carbonyl (C=O) groups is 1. The van der Waals surface area contributed by atoms with Gasteiger partial charge in [0.25, 0.3) is 0 Å². The van der Waals surface area contributed by atoms with Gasteiger partial charge in [0, 0.05) is 55.7 Å². The van der Waals surface area contributed by atoms with Crippen LogP contribution in [0, 0.1) is 5.82 Å². The third kappa shape index (κ3) is 5.83. The number of aromatic nitrogens is 2. The van der Waals surface area contributed by atoms with Gasteiger partial charge in [0.2, 0.25) is 5.91 Å². The van der Waals surface area contributed by atoms with Crippen molar-refractivity contribution in [1.29, 1.82) is 0 Å². The van der Waals surface area contributed by atoms with E-state index in [2.05, 4.69) is 25.5 Å². The summed E-state index contributed by atoms with van der Waals surface area (Å²) >= 11 is 5.91. The number of piperidine rings is 1. The van der Waals surface area contributed by atoms with Crippen molar-refractivity contribution in [3.63, 3.8) is 0 Å². The van der Waals surface area contributed by atoms with Gasteiger partial charge in [0.1, 0.15) is 23.7 Å². The Morgan fingerprint density at radius 1 is 1.22 bits per heavy atom. The summed E-state index contributed by atoms with van der Waals surface area (Å²) in [5.74, 6) is -0.278. The second-order valence-corrected chi connectivity index (χ2v) is 9.25. The smallest absolute Gasteiger partial charge is 0.248 e. The van der Waals surface area contributed by atoms with E-state index in [9.17, 15) is 9.18 Å². The number of benzene rings is 2. The van der Waals surface area contributed by atoms with Crippen LogP contribution in [0.2, 0.25) is 5.02 Å². The monoisotopic (exact) mass is 527 g/mol.